The number of nitrogens with one attached hydrogen (secondary N) is 1. The molecule has 6 heteroatoms. The van der Waals surface area contributed by atoms with Gasteiger partial charge in [0.25, 0.3) is 5.56 Å². The summed E-state index contributed by atoms with van der Waals surface area (Å²) in [6, 6.07) is 0. The standard InChI is InChI=1S/C12H16N4O2/c1-3-9-8-16(12(18)14-11(9)17)6-4-10-13-5-7-15(10)2/h5,7-8H,3-4,6H2,1-2H3,(H,14,17,18). The first kappa shape index (κ1) is 12.3. The van der Waals surface area contributed by atoms with Crippen molar-refractivity contribution in [2.45, 2.75) is 26.3 Å². The van der Waals surface area contributed by atoms with Gasteiger partial charge in [0.1, 0.15) is 5.82 Å². The molecule has 96 valence electrons. The molecular formula is C12H16N4O2. The van der Waals surface area contributed by atoms with E-state index in [2.05, 4.69) is 9.97 Å². The van der Waals surface area contributed by atoms with Gasteiger partial charge in [0.15, 0.2) is 0 Å². The monoisotopic (exact) mass is 248 g/mol. The minimum absolute atomic E-state index is 0.296. The molecule has 0 unspecified atom stereocenters. The molecule has 0 aliphatic rings. The Hall–Kier alpha value is -2.11. The third-order valence-corrected chi connectivity index (χ3v) is 2.96. The summed E-state index contributed by atoms with van der Waals surface area (Å²) in [6.07, 6.45) is 6.48. The minimum Gasteiger partial charge on any atom is -0.338 e. The highest BCUT2D eigenvalue weighted by Crippen LogP contribution is 1.97. The van der Waals surface area contributed by atoms with Crippen LogP contribution < -0.4 is 11.2 Å². The van der Waals surface area contributed by atoms with Gasteiger partial charge in [0.2, 0.25) is 0 Å². The molecule has 0 saturated carbocycles. The molecule has 0 fully saturated rings. The van der Waals surface area contributed by atoms with E-state index in [1.807, 2.05) is 24.7 Å². The average molecular weight is 248 g/mol. The summed E-state index contributed by atoms with van der Waals surface area (Å²) in [5.74, 6) is 0.908. The van der Waals surface area contributed by atoms with Gasteiger partial charge in [0, 0.05) is 44.2 Å². The maximum Gasteiger partial charge on any atom is 0.328 e. The summed E-state index contributed by atoms with van der Waals surface area (Å²) >= 11 is 0. The minimum atomic E-state index is -0.369. The van der Waals surface area contributed by atoms with Crippen molar-refractivity contribution in [3.63, 3.8) is 0 Å². The summed E-state index contributed by atoms with van der Waals surface area (Å²) in [4.78, 5) is 29.6. The van der Waals surface area contributed by atoms with E-state index in [0.717, 1.165) is 5.82 Å². The number of aromatic amines is 1. The van der Waals surface area contributed by atoms with Crippen molar-refractivity contribution in [1.29, 1.82) is 0 Å². The van der Waals surface area contributed by atoms with Crippen molar-refractivity contribution in [3.8, 4) is 0 Å². The SMILES string of the molecule is CCc1cn(CCc2nccn2C)c(=O)[nH]c1=O. The number of imidazole rings is 1. The van der Waals surface area contributed by atoms with Gasteiger partial charge in [-0.1, -0.05) is 6.92 Å². The zero-order chi connectivity index (χ0) is 13.1. The summed E-state index contributed by atoms with van der Waals surface area (Å²) in [6.45, 7) is 2.39. The number of nitrogens with zero attached hydrogens (tertiary/aromatic N) is 3. The summed E-state index contributed by atoms with van der Waals surface area (Å²) in [5, 5.41) is 0. The van der Waals surface area contributed by atoms with E-state index in [4.69, 9.17) is 0 Å². The fraction of sp³-hybridized carbons (Fsp3) is 0.417. The second-order valence-corrected chi connectivity index (χ2v) is 4.16. The van der Waals surface area contributed by atoms with E-state index < -0.39 is 0 Å². The van der Waals surface area contributed by atoms with Crippen LogP contribution in [0.2, 0.25) is 0 Å². The van der Waals surface area contributed by atoms with Gasteiger partial charge in [-0.05, 0) is 6.42 Å². The lowest BCUT2D eigenvalue weighted by molar-refractivity contribution is 0.609. The number of aromatic nitrogens is 4. The van der Waals surface area contributed by atoms with E-state index in [9.17, 15) is 9.59 Å². The Bertz CT molecular complexity index is 651. The lowest BCUT2D eigenvalue weighted by Crippen LogP contribution is -2.32. The van der Waals surface area contributed by atoms with E-state index in [0.29, 0.717) is 24.9 Å². The van der Waals surface area contributed by atoms with Gasteiger partial charge in [-0.15, -0.1) is 0 Å². The third kappa shape index (κ3) is 2.42. The Morgan fingerprint density at radius 1 is 1.39 bits per heavy atom. The molecule has 0 spiro atoms. The zero-order valence-electron chi connectivity index (χ0n) is 10.5. The van der Waals surface area contributed by atoms with Crippen LogP contribution >= 0.6 is 0 Å². The van der Waals surface area contributed by atoms with Crippen LogP contribution in [0, 0.1) is 0 Å². The molecule has 0 aliphatic carbocycles. The predicted octanol–water partition coefficient (Wildman–Crippen LogP) is 0.0752. The van der Waals surface area contributed by atoms with Gasteiger partial charge in [-0.25, -0.2) is 9.78 Å². The van der Waals surface area contributed by atoms with Crippen molar-refractivity contribution >= 4 is 0 Å². The number of aryl methyl sites for hydroxylation is 4. The highest BCUT2D eigenvalue weighted by Gasteiger charge is 2.05. The van der Waals surface area contributed by atoms with Gasteiger partial charge in [-0.2, -0.15) is 0 Å². The molecule has 1 N–H and O–H groups in total. The van der Waals surface area contributed by atoms with Gasteiger partial charge in [-0.3, -0.25) is 14.3 Å². The second-order valence-electron chi connectivity index (χ2n) is 4.16. The number of hydrogen-bond donors (Lipinski definition) is 1. The van der Waals surface area contributed by atoms with Crippen molar-refractivity contribution in [2.24, 2.45) is 7.05 Å². The van der Waals surface area contributed by atoms with Gasteiger partial charge in [0.05, 0.1) is 0 Å². The second kappa shape index (κ2) is 5.03. The zero-order valence-corrected chi connectivity index (χ0v) is 10.5. The summed E-state index contributed by atoms with van der Waals surface area (Å²) < 4.78 is 3.44. The van der Waals surface area contributed by atoms with Crippen LogP contribution in [0.25, 0.3) is 0 Å². The largest absolute Gasteiger partial charge is 0.338 e. The Morgan fingerprint density at radius 2 is 2.17 bits per heavy atom. The molecule has 0 saturated heterocycles. The molecule has 0 atom stereocenters. The Balaban J connectivity index is 2.22. The van der Waals surface area contributed by atoms with Gasteiger partial charge >= 0.3 is 5.69 Å². The Kier molecular flexibility index (Phi) is 3.45. The number of H-pyrrole nitrogens is 1. The van der Waals surface area contributed by atoms with Crippen LogP contribution in [-0.2, 0) is 26.4 Å². The molecule has 18 heavy (non-hydrogen) atoms. The van der Waals surface area contributed by atoms with E-state index >= 15 is 0 Å². The van der Waals surface area contributed by atoms with E-state index in [1.165, 1.54) is 4.57 Å². The molecule has 2 aromatic heterocycles. The fourth-order valence-corrected chi connectivity index (χ4v) is 1.83. The first-order valence-corrected chi connectivity index (χ1v) is 5.90. The molecule has 0 aromatic carbocycles. The Labute approximate surface area is 104 Å². The van der Waals surface area contributed by atoms with Crippen molar-refractivity contribution in [1.82, 2.24) is 19.1 Å². The van der Waals surface area contributed by atoms with E-state index in [1.54, 1.807) is 12.4 Å². The summed E-state index contributed by atoms with van der Waals surface area (Å²) in [7, 11) is 1.91. The smallest absolute Gasteiger partial charge is 0.328 e. The van der Waals surface area contributed by atoms with Crippen molar-refractivity contribution in [3.05, 3.63) is 50.8 Å². The lowest BCUT2D eigenvalue weighted by Gasteiger charge is -2.06. The summed E-state index contributed by atoms with van der Waals surface area (Å²) in [5.41, 5.74) is -0.0448. The molecule has 2 aromatic rings. The molecule has 6 nitrogen and oxygen atoms in total. The number of hydrogen-bond acceptors (Lipinski definition) is 3. The first-order valence-electron chi connectivity index (χ1n) is 5.90. The van der Waals surface area contributed by atoms with Crippen LogP contribution in [0.15, 0.2) is 28.2 Å². The highest BCUT2D eigenvalue weighted by molar-refractivity contribution is 5.04. The van der Waals surface area contributed by atoms with E-state index in [-0.39, 0.29) is 11.2 Å². The Morgan fingerprint density at radius 3 is 2.78 bits per heavy atom. The molecule has 0 amide bonds. The first-order chi connectivity index (χ1) is 8.61. The van der Waals surface area contributed by atoms with Crippen LogP contribution in [-0.4, -0.2) is 19.1 Å². The van der Waals surface area contributed by atoms with Crippen molar-refractivity contribution < 1.29 is 0 Å². The maximum atomic E-state index is 11.6. The van der Waals surface area contributed by atoms with Gasteiger partial charge < -0.3 is 4.57 Å². The molecule has 0 bridgehead atoms. The predicted molar refractivity (Wildman–Crippen MR) is 67.6 cm³/mol. The topological polar surface area (TPSA) is 72.7 Å². The van der Waals surface area contributed by atoms with Crippen LogP contribution in [0.5, 0.6) is 0 Å². The average Bonchev–Trinajstić information content (AvgIpc) is 2.74. The van der Waals surface area contributed by atoms with Crippen LogP contribution in [0.1, 0.15) is 18.3 Å². The number of rotatable bonds is 4. The lowest BCUT2D eigenvalue weighted by atomic mass is 10.2. The normalized spacial score (nSPS) is 10.8. The van der Waals surface area contributed by atoms with Crippen LogP contribution in [0.3, 0.4) is 0 Å². The quantitative estimate of drug-likeness (QED) is 0.832. The third-order valence-electron chi connectivity index (χ3n) is 2.96. The fourth-order valence-electron chi connectivity index (χ4n) is 1.83. The highest BCUT2D eigenvalue weighted by atomic mass is 16.2. The molecule has 0 radical (unpaired) electrons. The molecule has 0 aliphatic heterocycles. The van der Waals surface area contributed by atoms with Crippen LogP contribution in [0.4, 0.5) is 0 Å². The van der Waals surface area contributed by atoms with Crippen molar-refractivity contribution in [2.75, 3.05) is 0 Å². The molecule has 2 rings (SSSR count). The molecular weight excluding hydrogens is 232 g/mol. The molecule has 2 heterocycles. The maximum absolute atomic E-state index is 11.6.